The van der Waals surface area contributed by atoms with E-state index in [0.717, 1.165) is 31.4 Å². The third-order valence-corrected chi connectivity index (χ3v) is 3.87. The quantitative estimate of drug-likeness (QED) is 0.820. The SMILES string of the molecule is OC1CCC(Nc2ccc(SC(F)F)cc2)CC1. The number of halogens is 2. The van der Waals surface area contributed by atoms with E-state index >= 15 is 0 Å². The topological polar surface area (TPSA) is 32.3 Å². The molecule has 1 aliphatic rings. The lowest BCUT2D eigenvalue weighted by Gasteiger charge is -2.27. The van der Waals surface area contributed by atoms with Crippen LogP contribution in [0.4, 0.5) is 14.5 Å². The van der Waals surface area contributed by atoms with Gasteiger partial charge < -0.3 is 10.4 Å². The summed E-state index contributed by atoms with van der Waals surface area (Å²) in [6.45, 7) is 0. The van der Waals surface area contributed by atoms with Crippen molar-refractivity contribution in [3.05, 3.63) is 24.3 Å². The fourth-order valence-electron chi connectivity index (χ4n) is 2.19. The van der Waals surface area contributed by atoms with Gasteiger partial charge >= 0.3 is 0 Å². The summed E-state index contributed by atoms with van der Waals surface area (Å²) in [6.07, 6.45) is 3.41. The average Bonchev–Trinajstić information content (AvgIpc) is 2.34. The molecule has 0 amide bonds. The highest BCUT2D eigenvalue weighted by Crippen LogP contribution is 2.27. The molecular weight excluding hydrogens is 256 g/mol. The molecule has 2 nitrogen and oxygen atoms in total. The van der Waals surface area contributed by atoms with Gasteiger partial charge in [0.25, 0.3) is 5.76 Å². The van der Waals surface area contributed by atoms with Gasteiger partial charge in [0.2, 0.25) is 0 Å². The van der Waals surface area contributed by atoms with Crippen LogP contribution in [0.2, 0.25) is 0 Å². The largest absolute Gasteiger partial charge is 0.393 e. The van der Waals surface area contributed by atoms with E-state index in [2.05, 4.69) is 5.32 Å². The van der Waals surface area contributed by atoms with Gasteiger partial charge in [0.15, 0.2) is 0 Å². The van der Waals surface area contributed by atoms with E-state index < -0.39 is 5.76 Å². The Labute approximate surface area is 110 Å². The molecule has 1 aromatic rings. The lowest BCUT2D eigenvalue weighted by Crippen LogP contribution is -2.28. The smallest absolute Gasteiger partial charge is 0.288 e. The Bertz CT molecular complexity index is 364. The molecule has 18 heavy (non-hydrogen) atoms. The molecule has 2 rings (SSSR count). The molecule has 5 heteroatoms. The van der Waals surface area contributed by atoms with Gasteiger partial charge in [-0.3, -0.25) is 0 Å². The number of thioether (sulfide) groups is 1. The van der Waals surface area contributed by atoms with Crippen LogP contribution in [-0.2, 0) is 0 Å². The van der Waals surface area contributed by atoms with Gasteiger partial charge in [-0.1, -0.05) is 11.8 Å². The lowest BCUT2D eigenvalue weighted by atomic mass is 9.93. The highest BCUT2D eigenvalue weighted by molar-refractivity contribution is 7.99. The van der Waals surface area contributed by atoms with Crippen molar-refractivity contribution in [2.24, 2.45) is 0 Å². The predicted molar refractivity (Wildman–Crippen MR) is 70.2 cm³/mol. The number of nitrogens with one attached hydrogen (secondary N) is 1. The van der Waals surface area contributed by atoms with Gasteiger partial charge in [-0.05, 0) is 49.9 Å². The predicted octanol–water partition coefficient (Wildman–Crippen LogP) is 3.72. The molecule has 0 spiro atoms. The minimum Gasteiger partial charge on any atom is -0.393 e. The summed E-state index contributed by atoms with van der Waals surface area (Å²) in [6, 6.07) is 7.45. The molecule has 1 saturated carbocycles. The summed E-state index contributed by atoms with van der Waals surface area (Å²) in [5.74, 6) is -2.37. The standard InChI is InChI=1S/C13H17F2NOS/c14-13(15)18-12-7-3-10(4-8-12)16-9-1-5-11(17)6-2-9/h3-4,7-9,11,13,16-17H,1-2,5-6H2. The van der Waals surface area contributed by atoms with Crippen LogP contribution in [0.3, 0.4) is 0 Å². The van der Waals surface area contributed by atoms with Crippen molar-refractivity contribution in [1.82, 2.24) is 0 Å². The van der Waals surface area contributed by atoms with E-state index in [9.17, 15) is 13.9 Å². The van der Waals surface area contributed by atoms with Crippen molar-refractivity contribution in [2.75, 3.05) is 5.32 Å². The number of rotatable bonds is 4. The summed E-state index contributed by atoms with van der Waals surface area (Å²) in [7, 11) is 0. The second-order valence-electron chi connectivity index (χ2n) is 4.55. The zero-order chi connectivity index (χ0) is 13.0. The van der Waals surface area contributed by atoms with Crippen molar-refractivity contribution >= 4 is 17.4 Å². The van der Waals surface area contributed by atoms with Crippen molar-refractivity contribution in [2.45, 2.75) is 48.5 Å². The Hall–Kier alpha value is -0.810. The van der Waals surface area contributed by atoms with Gasteiger partial charge in [-0.2, -0.15) is 8.78 Å². The molecule has 0 atom stereocenters. The van der Waals surface area contributed by atoms with Crippen LogP contribution < -0.4 is 5.32 Å². The molecule has 2 N–H and O–H groups in total. The number of hydrogen-bond donors (Lipinski definition) is 2. The zero-order valence-electron chi connectivity index (χ0n) is 9.98. The second kappa shape index (κ2) is 6.38. The van der Waals surface area contributed by atoms with Crippen molar-refractivity contribution < 1.29 is 13.9 Å². The lowest BCUT2D eigenvalue weighted by molar-refractivity contribution is 0.126. The first-order valence-corrected chi connectivity index (χ1v) is 7.01. The van der Waals surface area contributed by atoms with Gasteiger partial charge in [-0.25, -0.2) is 0 Å². The van der Waals surface area contributed by atoms with Crippen molar-refractivity contribution in [3.63, 3.8) is 0 Å². The maximum Gasteiger partial charge on any atom is 0.288 e. The molecule has 1 aromatic carbocycles. The van der Waals surface area contributed by atoms with E-state index in [1.807, 2.05) is 12.1 Å². The summed E-state index contributed by atoms with van der Waals surface area (Å²) in [5.41, 5.74) is 0.954. The minimum absolute atomic E-state index is 0.159. The monoisotopic (exact) mass is 273 g/mol. The van der Waals surface area contributed by atoms with Gasteiger partial charge in [0.1, 0.15) is 0 Å². The average molecular weight is 273 g/mol. The Kier molecular flexibility index (Phi) is 4.83. The number of aliphatic hydroxyl groups is 1. The van der Waals surface area contributed by atoms with E-state index in [0.29, 0.717) is 22.7 Å². The first kappa shape index (κ1) is 13.6. The summed E-state index contributed by atoms with van der Waals surface area (Å²) >= 11 is 0.559. The fraction of sp³-hybridized carbons (Fsp3) is 0.538. The van der Waals surface area contributed by atoms with E-state index in [1.165, 1.54) is 0 Å². The molecule has 0 bridgehead atoms. The van der Waals surface area contributed by atoms with Crippen LogP contribution in [0.5, 0.6) is 0 Å². The number of alkyl halides is 2. The number of aliphatic hydroxyl groups excluding tert-OH is 1. The normalized spacial score (nSPS) is 24.2. The minimum atomic E-state index is -2.37. The number of benzene rings is 1. The number of anilines is 1. The van der Waals surface area contributed by atoms with Crippen LogP contribution in [0.25, 0.3) is 0 Å². The highest BCUT2D eigenvalue weighted by Gasteiger charge is 2.18. The first-order chi connectivity index (χ1) is 8.63. The first-order valence-electron chi connectivity index (χ1n) is 6.13. The third-order valence-electron chi connectivity index (χ3n) is 3.15. The molecular formula is C13H17F2NOS. The molecule has 0 aromatic heterocycles. The van der Waals surface area contributed by atoms with E-state index in [1.54, 1.807) is 12.1 Å². The summed E-state index contributed by atoms with van der Waals surface area (Å²) in [5, 5.41) is 12.8. The highest BCUT2D eigenvalue weighted by atomic mass is 32.2. The Balaban J connectivity index is 1.86. The Morgan fingerprint density at radius 3 is 2.28 bits per heavy atom. The van der Waals surface area contributed by atoms with Crippen molar-refractivity contribution in [1.29, 1.82) is 0 Å². The zero-order valence-corrected chi connectivity index (χ0v) is 10.8. The maximum atomic E-state index is 12.2. The van der Waals surface area contributed by atoms with Crippen molar-refractivity contribution in [3.8, 4) is 0 Å². The Morgan fingerprint density at radius 2 is 1.72 bits per heavy atom. The third kappa shape index (κ3) is 4.14. The molecule has 0 saturated heterocycles. The molecule has 0 aliphatic heterocycles. The molecule has 1 fully saturated rings. The molecule has 100 valence electrons. The van der Waals surface area contributed by atoms with Crippen LogP contribution in [0, 0.1) is 0 Å². The van der Waals surface area contributed by atoms with Gasteiger partial charge in [0, 0.05) is 16.6 Å². The summed E-state index contributed by atoms with van der Waals surface area (Å²) < 4.78 is 24.3. The molecule has 1 aliphatic carbocycles. The van der Waals surface area contributed by atoms with Crippen LogP contribution >= 0.6 is 11.8 Å². The Morgan fingerprint density at radius 1 is 1.11 bits per heavy atom. The second-order valence-corrected chi connectivity index (χ2v) is 5.62. The molecule has 0 heterocycles. The number of hydrogen-bond acceptors (Lipinski definition) is 3. The van der Waals surface area contributed by atoms with E-state index in [-0.39, 0.29) is 6.10 Å². The maximum absolute atomic E-state index is 12.2. The van der Waals surface area contributed by atoms with E-state index in [4.69, 9.17) is 0 Å². The van der Waals surface area contributed by atoms with Gasteiger partial charge in [0.05, 0.1) is 6.10 Å². The fourth-order valence-corrected chi connectivity index (χ4v) is 2.69. The van der Waals surface area contributed by atoms with Crippen LogP contribution in [0.15, 0.2) is 29.2 Å². The van der Waals surface area contributed by atoms with Crippen LogP contribution in [-0.4, -0.2) is 23.0 Å². The molecule has 0 radical (unpaired) electrons. The molecule has 0 unspecified atom stereocenters. The van der Waals surface area contributed by atoms with Crippen LogP contribution in [0.1, 0.15) is 25.7 Å². The summed E-state index contributed by atoms with van der Waals surface area (Å²) in [4.78, 5) is 0.578. The van der Waals surface area contributed by atoms with Gasteiger partial charge in [-0.15, -0.1) is 0 Å².